The number of carbonyl (C=O) groups is 4. The zero-order valence-electron chi connectivity index (χ0n) is 17.5. The monoisotopic (exact) mass is 425 g/mol. The largest absolute Gasteiger partial charge is 1.00 e. The van der Waals surface area contributed by atoms with Crippen LogP contribution in [0.4, 0.5) is 10.5 Å². The van der Waals surface area contributed by atoms with Crippen LogP contribution in [0.1, 0.15) is 14.3 Å². The molecule has 3 amide bonds. The van der Waals surface area contributed by atoms with Gasteiger partial charge in [-0.2, -0.15) is 0 Å². The summed E-state index contributed by atoms with van der Waals surface area (Å²) in [4.78, 5) is 51.5. The summed E-state index contributed by atoms with van der Waals surface area (Å²) in [6.07, 6.45) is 0.0835. The van der Waals surface area contributed by atoms with Crippen LogP contribution < -0.4 is 34.9 Å². The molecule has 3 N–H and O–H groups in total. The Labute approximate surface area is 195 Å². The van der Waals surface area contributed by atoms with E-state index in [1.807, 2.05) is 0 Å². The topological polar surface area (TPSA) is 136 Å². The average Bonchev–Trinajstić information content (AvgIpc) is 3.05. The van der Waals surface area contributed by atoms with Crippen molar-refractivity contribution < 1.29 is 65.1 Å². The van der Waals surface area contributed by atoms with E-state index in [-0.39, 0.29) is 61.3 Å². The number of carboxylic acids is 1. The Hall–Kier alpha value is -2.56. The number of anilines is 1. The molecule has 0 spiro atoms. The van der Waals surface area contributed by atoms with Gasteiger partial charge in [0.05, 0.1) is 19.6 Å². The third-order valence-corrected chi connectivity index (χ3v) is 5.61. The molecule has 10 nitrogen and oxygen atoms in total. The molecule has 154 valence electrons. The summed E-state index contributed by atoms with van der Waals surface area (Å²) < 4.78 is 4.64. The molecule has 30 heavy (non-hydrogen) atoms. The number of aromatic hydroxyl groups is 1. The van der Waals surface area contributed by atoms with Crippen LogP contribution in [0.5, 0.6) is 5.75 Å². The van der Waals surface area contributed by atoms with E-state index in [4.69, 9.17) is 0 Å². The van der Waals surface area contributed by atoms with Crippen LogP contribution in [0.2, 0.25) is 0 Å². The Morgan fingerprint density at radius 1 is 1.27 bits per heavy atom. The first-order valence-corrected chi connectivity index (χ1v) is 9.03. The first kappa shape index (κ1) is 22.1. The molecule has 3 aliphatic heterocycles. The number of amides is 3. The maximum Gasteiger partial charge on any atom is 1.00 e. The van der Waals surface area contributed by atoms with E-state index < -0.39 is 36.0 Å². The van der Waals surface area contributed by atoms with Crippen LogP contribution in [-0.4, -0.2) is 69.6 Å². The van der Waals surface area contributed by atoms with Crippen molar-refractivity contribution in [1.29, 1.82) is 0 Å². The normalized spacial score (nSPS) is 23.9. The number of nitrogens with one attached hydrogen (secondary N) is 1. The van der Waals surface area contributed by atoms with Gasteiger partial charge in [0, 0.05) is 18.2 Å². The number of ether oxygens (including phenoxy) is 1. The number of nitrogens with zero attached hydrogens (tertiary/aromatic N) is 2. The van der Waals surface area contributed by atoms with E-state index in [1.54, 1.807) is 0 Å². The van der Waals surface area contributed by atoms with Gasteiger partial charge in [-0.3, -0.25) is 14.5 Å². The second kappa shape index (κ2) is 8.29. The van der Waals surface area contributed by atoms with Crippen molar-refractivity contribution in [2.45, 2.75) is 24.9 Å². The second-order valence-electron chi connectivity index (χ2n) is 7.25. The van der Waals surface area contributed by atoms with Gasteiger partial charge in [0.25, 0.3) is 5.91 Å². The second-order valence-corrected chi connectivity index (χ2v) is 7.25. The Morgan fingerprint density at radius 2 is 1.93 bits per heavy atom. The number of rotatable bonds is 4. The number of aliphatic carboxylic acids is 1. The zero-order valence-corrected chi connectivity index (χ0v) is 18.5. The Kier molecular flexibility index (Phi) is 6.11. The van der Waals surface area contributed by atoms with Crippen LogP contribution >= 0.6 is 0 Å². The molecule has 2 saturated heterocycles. The Morgan fingerprint density at radius 3 is 2.53 bits per heavy atom. The van der Waals surface area contributed by atoms with E-state index in [2.05, 4.69) is 10.1 Å². The number of methoxy groups -OCH3 is 1. The van der Waals surface area contributed by atoms with E-state index in [9.17, 15) is 29.4 Å². The van der Waals surface area contributed by atoms with Gasteiger partial charge in [0.2, 0.25) is 0 Å². The predicted molar refractivity (Wildman–Crippen MR) is 98.8 cm³/mol. The molecule has 4 rings (SSSR count). The Balaban J connectivity index is 0.00000171. The van der Waals surface area contributed by atoms with Gasteiger partial charge in [-0.25, -0.2) is 9.59 Å². The number of hydrogen-bond donors (Lipinski definition) is 3. The van der Waals surface area contributed by atoms with Gasteiger partial charge in [0.1, 0.15) is 17.5 Å². The minimum atomic E-state index is -1.28. The van der Waals surface area contributed by atoms with Crippen molar-refractivity contribution in [3.05, 3.63) is 35.5 Å². The average molecular weight is 425 g/mol. The molecule has 0 unspecified atom stereocenters. The molecular formula is C19H20N3NaO7. The smallest absolute Gasteiger partial charge is 1.00 e. The molecule has 11 heteroatoms. The number of urea groups is 1. The summed E-state index contributed by atoms with van der Waals surface area (Å²) in [6, 6.07) is 4.30. The summed E-state index contributed by atoms with van der Waals surface area (Å²) in [5.74, 6) is -2.43. The van der Waals surface area contributed by atoms with Crippen LogP contribution in [0.25, 0.3) is 0 Å². The number of phenolic OH excluding ortho intramolecular Hbond substituents is 1. The minimum absolute atomic E-state index is 0. The van der Waals surface area contributed by atoms with Gasteiger partial charge < -0.3 is 26.6 Å². The van der Waals surface area contributed by atoms with Crippen molar-refractivity contribution in [3.8, 4) is 5.75 Å². The number of benzene rings is 1. The van der Waals surface area contributed by atoms with Crippen LogP contribution in [0, 0.1) is 5.92 Å². The van der Waals surface area contributed by atoms with Crippen molar-refractivity contribution in [2.75, 3.05) is 19.0 Å². The maximum absolute atomic E-state index is 12.7. The summed E-state index contributed by atoms with van der Waals surface area (Å²) >= 11 is 0. The number of hydrogen-bond acceptors (Lipinski definition) is 6. The predicted octanol–water partition coefficient (Wildman–Crippen LogP) is -2.14. The first-order chi connectivity index (χ1) is 13.8. The van der Waals surface area contributed by atoms with Crippen molar-refractivity contribution >= 4 is 29.6 Å². The minimum Gasteiger partial charge on any atom is -1.00 e. The third-order valence-electron chi connectivity index (χ3n) is 5.61. The third kappa shape index (κ3) is 3.55. The van der Waals surface area contributed by atoms with Gasteiger partial charge in [-0.15, -0.1) is 0 Å². The molecule has 0 saturated carbocycles. The molecule has 0 bridgehead atoms. The van der Waals surface area contributed by atoms with E-state index >= 15 is 0 Å². The fraction of sp³-hybridized carbons (Fsp3) is 0.368. The Bertz CT molecular complexity index is 952. The molecular weight excluding hydrogens is 405 g/mol. The number of phenols is 1. The van der Waals surface area contributed by atoms with Crippen LogP contribution in [-0.2, 0) is 19.1 Å². The molecule has 1 aromatic rings. The SMILES string of the molecule is COC(=O)CC1=C(C(=O)O)N2C(=O)[C@@H]3[C@H]2[C@H](C1)CN3C(=O)Nc1ccc(O)cc1.[H-].[Na+]. The standard InChI is InChI=1S/C19H19N3O7.Na.H/c1-29-13(24)7-9-6-10-8-21(19(28)20-11-2-4-12(23)5-3-11)16-14(10)22(17(16)25)15(9)18(26)27;;/h2-5,10,14,16,23H,6-8H2,1H3,(H,20,28)(H,26,27);;/q;+1;-1/t10-,14-,16+;;/m1../s1. The fourth-order valence-corrected chi connectivity index (χ4v) is 4.39. The molecule has 3 atom stereocenters. The maximum atomic E-state index is 12.7. The first-order valence-electron chi connectivity index (χ1n) is 9.03. The van der Waals surface area contributed by atoms with Crippen LogP contribution in [0.3, 0.4) is 0 Å². The van der Waals surface area contributed by atoms with Crippen molar-refractivity contribution in [3.63, 3.8) is 0 Å². The molecule has 0 aromatic heterocycles. The van der Waals surface area contributed by atoms with E-state index in [1.165, 1.54) is 41.2 Å². The molecule has 2 fully saturated rings. The summed E-state index contributed by atoms with van der Waals surface area (Å²) in [7, 11) is 1.21. The van der Waals surface area contributed by atoms with Gasteiger partial charge in [-0.05, 0) is 36.3 Å². The molecule has 3 aliphatic rings. The summed E-state index contributed by atoms with van der Waals surface area (Å²) in [5, 5.41) is 21.6. The summed E-state index contributed by atoms with van der Waals surface area (Å²) in [6.45, 7) is 0.263. The number of carbonyl (C=O) groups excluding carboxylic acids is 3. The van der Waals surface area contributed by atoms with E-state index in [0.29, 0.717) is 17.7 Å². The molecule has 0 aliphatic carbocycles. The summed E-state index contributed by atoms with van der Waals surface area (Å²) in [5.41, 5.74) is 0.610. The van der Waals surface area contributed by atoms with E-state index in [0.717, 1.165) is 0 Å². The fourth-order valence-electron chi connectivity index (χ4n) is 4.39. The number of esters is 1. The number of β-lactam (4-membered cyclic amide) rings is 1. The van der Waals surface area contributed by atoms with Gasteiger partial charge in [0.15, 0.2) is 0 Å². The zero-order chi connectivity index (χ0) is 20.9. The van der Waals surface area contributed by atoms with Crippen molar-refractivity contribution in [1.82, 2.24) is 9.80 Å². The number of likely N-dealkylation sites (tertiary alicyclic amines) is 1. The number of carboxylic acid groups (broad SMARTS) is 1. The van der Waals surface area contributed by atoms with Gasteiger partial charge >= 0.3 is 47.5 Å². The van der Waals surface area contributed by atoms with Crippen molar-refractivity contribution in [2.24, 2.45) is 5.92 Å². The molecule has 1 aromatic carbocycles. The molecule has 0 radical (unpaired) electrons. The van der Waals surface area contributed by atoms with Gasteiger partial charge in [-0.1, -0.05) is 0 Å². The quantitative estimate of drug-likeness (QED) is 0.217. The molecule has 3 heterocycles. The van der Waals surface area contributed by atoms with Crippen LogP contribution in [0.15, 0.2) is 35.5 Å².